The minimum absolute atomic E-state index is 0.112. The molecule has 1 nitrogen and oxygen atoms in total. The second kappa shape index (κ2) is 19.3. The van der Waals surface area contributed by atoms with E-state index in [4.69, 9.17) is 0 Å². The van der Waals surface area contributed by atoms with Gasteiger partial charge in [0, 0.05) is 0 Å². The lowest BCUT2D eigenvalue weighted by atomic mass is 9.90. The van der Waals surface area contributed by atoms with Gasteiger partial charge in [-0.1, -0.05) is 117 Å². The lowest BCUT2D eigenvalue weighted by Gasteiger charge is -2.19. The van der Waals surface area contributed by atoms with Crippen LogP contribution in [0.25, 0.3) is 0 Å². The highest BCUT2D eigenvalue weighted by molar-refractivity contribution is 4.66. The summed E-state index contributed by atoms with van der Waals surface area (Å²) in [5.74, 6) is 0.546. The number of rotatable bonds is 19. The molecule has 0 saturated carbocycles. The summed E-state index contributed by atoms with van der Waals surface area (Å²) in [4.78, 5) is 0. The van der Waals surface area contributed by atoms with Crippen molar-refractivity contribution in [2.75, 3.05) is 0 Å². The van der Waals surface area contributed by atoms with Crippen molar-refractivity contribution in [3.8, 4) is 0 Å². The van der Waals surface area contributed by atoms with Crippen molar-refractivity contribution in [3.05, 3.63) is 0 Å². The zero-order valence-corrected chi connectivity index (χ0v) is 17.3. The predicted octanol–water partition coefficient (Wildman–Crippen LogP) is 8.05. The van der Waals surface area contributed by atoms with E-state index in [-0.39, 0.29) is 6.10 Å². The Morgan fingerprint density at radius 2 is 0.792 bits per heavy atom. The van der Waals surface area contributed by atoms with E-state index >= 15 is 0 Å². The Morgan fingerprint density at radius 3 is 1.08 bits per heavy atom. The Balaban J connectivity index is 3.47. The molecule has 0 saturated heterocycles. The van der Waals surface area contributed by atoms with Crippen LogP contribution in [0.2, 0.25) is 0 Å². The summed E-state index contributed by atoms with van der Waals surface area (Å²) >= 11 is 0. The quantitative estimate of drug-likeness (QED) is 0.236. The highest BCUT2D eigenvalue weighted by Crippen LogP contribution is 2.22. The topological polar surface area (TPSA) is 20.2 Å². The van der Waals surface area contributed by atoms with E-state index in [9.17, 15) is 5.11 Å². The molecule has 0 aliphatic heterocycles. The lowest BCUT2D eigenvalue weighted by Crippen LogP contribution is -2.16. The van der Waals surface area contributed by atoms with Gasteiger partial charge in [0.05, 0.1) is 6.10 Å². The molecule has 0 bridgehead atoms. The number of aliphatic hydroxyl groups excluding tert-OH is 1. The monoisotopic (exact) mass is 340 g/mol. The number of hydrogen-bond donors (Lipinski definition) is 1. The molecule has 0 radical (unpaired) electrons. The number of aliphatic hydroxyl groups is 1. The molecule has 146 valence electrons. The average Bonchev–Trinajstić information content (AvgIpc) is 2.57. The van der Waals surface area contributed by atoms with Crippen LogP contribution in [0.5, 0.6) is 0 Å². The van der Waals surface area contributed by atoms with Crippen molar-refractivity contribution < 1.29 is 5.11 Å². The Labute approximate surface area is 154 Å². The van der Waals surface area contributed by atoms with Gasteiger partial charge in [0.2, 0.25) is 0 Å². The molecule has 0 spiro atoms. The van der Waals surface area contributed by atoms with Crippen LogP contribution in [-0.4, -0.2) is 11.2 Å². The molecule has 0 aromatic heterocycles. The first-order chi connectivity index (χ1) is 11.7. The van der Waals surface area contributed by atoms with Crippen LogP contribution in [0.3, 0.4) is 0 Å². The normalized spacial score (nSPS) is 12.9. The summed E-state index contributed by atoms with van der Waals surface area (Å²) in [6.07, 6.45) is 24.5. The lowest BCUT2D eigenvalue weighted by molar-refractivity contribution is 0.111. The van der Waals surface area contributed by atoms with Crippen molar-refractivity contribution >= 4 is 0 Å². The highest BCUT2D eigenvalue weighted by atomic mass is 16.3. The second-order valence-electron chi connectivity index (χ2n) is 8.03. The first kappa shape index (κ1) is 24.0. The molecule has 0 heterocycles. The summed E-state index contributed by atoms with van der Waals surface area (Å²) in [5.41, 5.74) is 0. The van der Waals surface area contributed by atoms with Crippen LogP contribution in [0, 0.1) is 5.92 Å². The SMILES string of the molecule is CCCCCCCCCCC(CCCCCCCCCC)C(C)O. The molecular formula is C23H48O. The van der Waals surface area contributed by atoms with Gasteiger partial charge in [-0.25, -0.2) is 0 Å². The third kappa shape index (κ3) is 16.8. The molecule has 0 amide bonds. The van der Waals surface area contributed by atoms with E-state index < -0.39 is 0 Å². The van der Waals surface area contributed by atoms with E-state index in [2.05, 4.69) is 13.8 Å². The zero-order valence-electron chi connectivity index (χ0n) is 17.3. The van der Waals surface area contributed by atoms with Crippen molar-refractivity contribution in [2.45, 2.75) is 142 Å². The van der Waals surface area contributed by atoms with Crippen LogP contribution in [0.1, 0.15) is 136 Å². The second-order valence-corrected chi connectivity index (χ2v) is 8.03. The van der Waals surface area contributed by atoms with Gasteiger partial charge in [-0.2, -0.15) is 0 Å². The van der Waals surface area contributed by atoms with Crippen molar-refractivity contribution in [3.63, 3.8) is 0 Å². The standard InChI is InChI=1S/C23H48O/c1-4-6-8-10-12-14-16-18-20-23(22(3)24)21-19-17-15-13-11-9-7-5-2/h22-24H,4-21H2,1-3H3. The third-order valence-corrected chi connectivity index (χ3v) is 5.54. The molecule has 0 aromatic carbocycles. The first-order valence-corrected chi connectivity index (χ1v) is 11.4. The largest absolute Gasteiger partial charge is 0.393 e. The zero-order chi connectivity index (χ0) is 17.9. The molecule has 1 atom stereocenters. The molecule has 0 aliphatic rings. The summed E-state index contributed by atoms with van der Waals surface area (Å²) in [6, 6.07) is 0. The van der Waals surface area contributed by atoms with E-state index in [1.54, 1.807) is 0 Å². The van der Waals surface area contributed by atoms with Gasteiger partial charge in [-0.15, -0.1) is 0 Å². The average molecular weight is 341 g/mol. The molecule has 0 aromatic rings. The number of unbranched alkanes of at least 4 members (excludes halogenated alkanes) is 14. The molecule has 0 rings (SSSR count). The Kier molecular flexibility index (Phi) is 19.3. The maximum absolute atomic E-state index is 10.0. The molecule has 1 N–H and O–H groups in total. The van der Waals surface area contributed by atoms with Gasteiger partial charge in [-0.05, 0) is 25.7 Å². The molecule has 1 heteroatoms. The fraction of sp³-hybridized carbons (Fsp3) is 1.00. The predicted molar refractivity (Wildman–Crippen MR) is 110 cm³/mol. The van der Waals surface area contributed by atoms with Gasteiger partial charge in [0.25, 0.3) is 0 Å². The van der Waals surface area contributed by atoms with Gasteiger partial charge in [-0.3, -0.25) is 0 Å². The van der Waals surface area contributed by atoms with Crippen LogP contribution in [0.4, 0.5) is 0 Å². The third-order valence-electron chi connectivity index (χ3n) is 5.54. The summed E-state index contributed by atoms with van der Waals surface area (Å²) in [6.45, 7) is 6.56. The van der Waals surface area contributed by atoms with Crippen molar-refractivity contribution in [1.82, 2.24) is 0 Å². The summed E-state index contributed by atoms with van der Waals surface area (Å²) in [7, 11) is 0. The van der Waals surface area contributed by atoms with Crippen LogP contribution in [-0.2, 0) is 0 Å². The van der Waals surface area contributed by atoms with E-state index in [1.165, 1.54) is 116 Å². The Morgan fingerprint density at radius 1 is 0.500 bits per heavy atom. The fourth-order valence-corrected chi connectivity index (χ4v) is 3.71. The van der Waals surface area contributed by atoms with Crippen molar-refractivity contribution in [2.24, 2.45) is 5.92 Å². The summed E-state index contributed by atoms with van der Waals surface area (Å²) < 4.78 is 0. The first-order valence-electron chi connectivity index (χ1n) is 11.4. The Bertz CT molecular complexity index is 204. The highest BCUT2D eigenvalue weighted by Gasteiger charge is 2.13. The molecule has 0 fully saturated rings. The van der Waals surface area contributed by atoms with Gasteiger partial charge in [0.1, 0.15) is 0 Å². The minimum Gasteiger partial charge on any atom is -0.393 e. The van der Waals surface area contributed by atoms with Crippen molar-refractivity contribution in [1.29, 1.82) is 0 Å². The van der Waals surface area contributed by atoms with Crippen LogP contribution in [0.15, 0.2) is 0 Å². The van der Waals surface area contributed by atoms with Crippen LogP contribution < -0.4 is 0 Å². The van der Waals surface area contributed by atoms with E-state index in [1.807, 2.05) is 6.92 Å². The summed E-state index contributed by atoms with van der Waals surface area (Å²) in [5, 5.41) is 10.0. The maximum Gasteiger partial charge on any atom is 0.0540 e. The Hall–Kier alpha value is -0.0400. The molecule has 0 aliphatic carbocycles. The number of hydrogen-bond acceptors (Lipinski definition) is 1. The smallest absolute Gasteiger partial charge is 0.0540 e. The van der Waals surface area contributed by atoms with Gasteiger partial charge in [0.15, 0.2) is 0 Å². The molecular weight excluding hydrogens is 292 g/mol. The maximum atomic E-state index is 10.0. The van der Waals surface area contributed by atoms with Crippen LogP contribution >= 0.6 is 0 Å². The fourth-order valence-electron chi connectivity index (χ4n) is 3.71. The molecule has 1 unspecified atom stereocenters. The minimum atomic E-state index is -0.112. The molecule has 24 heavy (non-hydrogen) atoms. The van der Waals surface area contributed by atoms with E-state index in [0.29, 0.717) is 5.92 Å². The van der Waals surface area contributed by atoms with E-state index in [0.717, 1.165) is 0 Å². The van der Waals surface area contributed by atoms with Gasteiger partial charge >= 0.3 is 0 Å². The van der Waals surface area contributed by atoms with Gasteiger partial charge < -0.3 is 5.11 Å².